The molecule has 110 valence electrons. The van der Waals surface area contributed by atoms with Crippen molar-refractivity contribution in [1.82, 2.24) is 9.97 Å². The molecule has 0 radical (unpaired) electrons. The van der Waals surface area contributed by atoms with E-state index in [2.05, 4.69) is 15.3 Å². The normalized spacial score (nSPS) is 10.3. The molecule has 1 aromatic heterocycles. The molecule has 9 heteroatoms. The van der Waals surface area contributed by atoms with Crippen molar-refractivity contribution in [2.75, 3.05) is 12.4 Å². The lowest BCUT2D eigenvalue weighted by Crippen LogP contribution is -2.05. The van der Waals surface area contributed by atoms with Gasteiger partial charge in [0, 0.05) is 7.05 Å². The molecule has 0 spiro atoms. The maximum Gasteiger partial charge on any atom is 0.352 e. The van der Waals surface area contributed by atoms with E-state index >= 15 is 0 Å². The third-order valence-electron chi connectivity index (χ3n) is 2.56. The molecule has 0 fully saturated rings. The zero-order valence-electron chi connectivity index (χ0n) is 11.1. The second-order valence-corrected chi connectivity index (χ2v) is 4.35. The van der Waals surface area contributed by atoms with Gasteiger partial charge in [0.15, 0.2) is 11.6 Å². The largest absolute Gasteiger partial charge is 0.430 e. The summed E-state index contributed by atoms with van der Waals surface area (Å²) in [5.41, 5.74) is -0.342. The minimum Gasteiger partial charge on any atom is -0.430 e. The number of nitrogens with zero attached hydrogens (tertiary/aromatic N) is 3. The van der Waals surface area contributed by atoms with Crippen molar-refractivity contribution in [1.29, 1.82) is 0 Å². The first-order valence-electron chi connectivity index (χ1n) is 5.76. The highest BCUT2D eigenvalue weighted by atomic mass is 35.5. The summed E-state index contributed by atoms with van der Waals surface area (Å²) < 4.78 is 19.0. The van der Waals surface area contributed by atoms with Gasteiger partial charge >= 0.3 is 11.6 Å². The van der Waals surface area contributed by atoms with Crippen molar-refractivity contribution in [2.24, 2.45) is 0 Å². The molecular formula is C12H10ClFN4O3. The summed E-state index contributed by atoms with van der Waals surface area (Å²) >= 11 is 5.64. The van der Waals surface area contributed by atoms with Gasteiger partial charge in [-0.3, -0.25) is 10.1 Å². The van der Waals surface area contributed by atoms with Gasteiger partial charge < -0.3 is 10.1 Å². The molecule has 0 saturated heterocycles. The fourth-order valence-electron chi connectivity index (χ4n) is 1.60. The molecule has 0 aliphatic heterocycles. The summed E-state index contributed by atoms with van der Waals surface area (Å²) in [6.07, 6.45) is 0. The predicted molar refractivity (Wildman–Crippen MR) is 74.5 cm³/mol. The highest BCUT2D eigenvalue weighted by Gasteiger charge is 2.25. The summed E-state index contributed by atoms with van der Waals surface area (Å²) in [5.74, 6) is -1.32. The predicted octanol–water partition coefficient (Wildman–Crippen LogP) is 3.32. The fourth-order valence-corrected chi connectivity index (χ4v) is 1.77. The minimum absolute atomic E-state index is 0.0942. The average Bonchev–Trinajstić information content (AvgIpc) is 2.42. The highest BCUT2D eigenvalue weighted by molar-refractivity contribution is 6.30. The van der Waals surface area contributed by atoms with Crippen LogP contribution in [0.25, 0.3) is 0 Å². The van der Waals surface area contributed by atoms with Crippen molar-refractivity contribution in [3.05, 3.63) is 44.8 Å². The monoisotopic (exact) mass is 312 g/mol. The Labute approximate surface area is 123 Å². The van der Waals surface area contributed by atoms with Gasteiger partial charge in [0.1, 0.15) is 5.69 Å². The topological polar surface area (TPSA) is 90.2 Å². The van der Waals surface area contributed by atoms with E-state index in [9.17, 15) is 14.5 Å². The van der Waals surface area contributed by atoms with Crippen LogP contribution < -0.4 is 10.1 Å². The summed E-state index contributed by atoms with van der Waals surface area (Å²) in [7, 11) is 1.55. The van der Waals surface area contributed by atoms with Crippen molar-refractivity contribution >= 4 is 23.2 Å². The Morgan fingerprint density at radius 3 is 2.76 bits per heavy atom. The van der Waals surface area contributed by atoms with Gasteiger partial charge in [0.2, 0.25) is 5.95 Å². The number of anilines is 1. The SMILES string of the molecule is CNc1nc(C)c([N+](=O)[O-])c(Oc2cccc(Cl)c2F)n1. The van der Waals surface area contributed by atoms with Gasteiger partial charge in [0.25, 0.3) is 0 Å². The summed E-state index contributed by atoms with van der Waals surface area (Å²) in [5, 5.41) is 13.6. The molecule has 21 heavy (non-hydrogen) atoms. The Balaban J connectivity index is 2.54. The number of nitrogens with one attached hydrogen (secondary N) is 1. The van der Waals surface area contributed by atoms with Crippen molar-refractivity contribution in [3.63, 3.8) is 0 Å². The Morgan fingerprint density at radius 1 is 1.43 bits per heavy atom. The lowest BCUT2D eigenvalue weighted by Gasteiger charge is -2.09. The Morgan fingerprint density at radius 2 is 2.14 bits per heavy atom. The maximum atomic E-state index is 13.8. The van der Waals surface area contributed by atoms with Gasteiger partial charge in [-0.15, -0.1) is 0 Å². The number of aromatic nitrogens is 2. The second-order valence-electron chi connectivity index (χ2n) is 3.95. The van der Waals surface area contributed by atoms with Gasteiger partial charge in [-0.2, -0.15) is 4.98 Å². The quantitative estimate of drug-likeness (QED) is 0.688. The molecule has 1 N–H and O–H groups in total. The first kappa shape index (κ1) is 14.9. The first-order chi connectivity index (χ1) is 9.93. The van der Waals surface area contributed by atoms with E-state index in [1.165, 1.54) is 25.1 Å². The number of hydrogen-bond acceptors (Lipinski definition) is 6. The van der Waals surface area contributed by atoms with Crippen LogP contribution in [0.5, 0.6) is 11.6 Å². The van der Waals surface area contributed by atoms with E-state index in [4.69, 9.17) is 16.3 Å². The molecule has 0 amide bonds. The van der Waals surface area contributed by atoms with Gasteiger partial charge in [-0.25, -0.2) is 9.37 Å². The maximum absolute atomic E-state index is 13.8. The van der Waals surface area contributed by atoms with Crippen molar-refractivity contribution in [2.45, 2.75) is 6.92 Å². The fraction of sp³-hybridized carbons (Fsp3) is 0.167. The van der Waals surface area contributed by atoms with E-state index < -0.39 is 16.4 Å². The number of ether oxygens (including phenoxy) is 1. The molecule has 7 nitrogen and oxygen atoms in total. The van der Waals surface area contributed by atoms with Gasteiger partial charge in [-0.05, 0) is 19.1 Å². The second kappa shape index (κ2) is 5.88. The Hall–Kier alpha value is -2.48. The van der Waals surface area contributed by atoms with Gasteiger partial charge in [-0.1, -0.05) is 17.7 Å². The van der Waals surface area contributed by atoms with Crippen LogP contribution in [0.1, 0.15) is 5.69 Å². The molecule has 1 heterocycles. The zero-order valence-corrected chi connectivity index (χ0v) is 11.8. The first-order valence-corrected chi connectivity index (χ1v) is 6.14. The van der Waals surface area contributed by atoms with Crippen LogP contribution in [-0.2, 0) is 0 Å². The smallest absolute Gasteiger partial charge is 0.352 e. The van der Waals surface area contributed by atoms with Gasteiger partial charge in [0.05, 0.1) is 9.95 Å². The van der Waals surface area contributed by atoms with Crippen LogP contribution in [0.3, 0.4) is 0 Å². The lowest BCUT2D eigenvalue weighted by atomic mass is 10.3. The number of halogens is 2. The Bertz CT molecular complexity index is 711. The molecular weight excluding hydrogens is 303 g/mol. The van der Waals surface area contributed by atoms with E-state index in [1.807, 2.05) is 0 Å². The van der Waals surface area contributed by atoms with E-state index in [1.54, 1.807) is 7.05 Å². The standard InChI is InChI=1S/C12H10ClFN4O3/c1-6-10(18(19)20)11(17-12(15-2)16-6)21-8-5-3-4-7(13)9(8)14/h3-5H,1-2H3,(H,15,16,17). The molecule has 0 unspecified atom stereocenters. The van der Waals surface area contributed by atoms with Crippen LogP contribution in [-0.4, -0.2) is 21.9 Å². The molecule has 0 bridgehead atoms. The Kier molecular flexibility index (Phi) is 4.18. The number of rotatable bonds is 4. The van der Waals surface area contributed by atoms with E-state index in [0.29, 0.717) is 0 Å². The molecule has 0 aliphatic rings. The van der Waals surface area contributed by atoms with Crippen LogP contribution in [0, 0.1) is 22.9 Å². The zero-order chi connectivity index (χ0) is 15.6. The number of aryl methyl sites for hydroxylation is 1. The average molecular weight is 313 g/mol. The van der Waals surface area contributed by atoms with E-state index in [0.717, 1.165) is 0 Å². The molecule has 2 aromatic rings. The van der Waals surface area contributed by atoms with Crippen LogP contribution in [0.4, 0.5) is 16.0 Å². The van der Waals surface area contributed by atoms with E-state index in [-0.39, 0.29) is 28.3 Å². The summed E-state index contributed by atoms with van der Waals surface area (Å²) in [6.45, 7) is 1.43. The van der Waals surface area contributed by atoms with Crippen LogP contribution in [0.2, 0.25) is 5.02 Å². The number of nitro groups is 1. The highest BCUT2D eigenvalue weighted by Crippen LogP contribution is 2.34. The number of benzene rings is 1. The van der Waals surface area contributed by atoms with Crippen LogP contribution >= 0.6 is 11.6 Å². The van der Waals surface area contributed by atoms with Crippen LogP contribution in [0.15, 0.2) is 18.2 Å². The molecule has 0 aliphatic carbocycles. The third-order valence-corrected chi connectivity index (χ3v) is 2.85. The molecule has 0 atom stereocenters. The lowest BCUT2D eigenvalue weighted by molar-refractivity contribution is -0.386. The number of hydrogen-bond donors (Lipinski definition) is 1. The van der Waals surface area contributed by atoms with Crippen molar-refractivity contribution in [3.8, 4) is 11.6 Å². The molecule has 0 saturated carbocycles. The molecule has 1 aromatic carbocycles. The molecule has 2 rings (SSSR count). The van der Waals surface area contributed by atoms with Crippen molar-refractivity contribution < 1.29 is 14.1 Å². The third kappa shape index (κ3) is 3.00. The summed E-state index contributed by atoms with van der Waals surface area (Å²) in [6, 6.07) is 4.09. The summed E-state index contributed by atoms with van der Waals surface area (Å²) in [4.78, 5) is 18.1. The minimum atomic E-state index is -0.823.